The van der Waals surface area contributed by atoms with Crippen molar-refractivity contribution < 1.29 is 24.2 Å². The number of nitrogens with one attached hydrogen (secondary N) is 2. The van der Waals surface area contributed by atoms with Crippen LogP contribution in [0, 0.1) is 0 Å². The van der Waals surface area contributed by atoms with E-state index in [1.165, 1.54) is 30.7 Å². The number of amides is 2. The summed E-state index contributed by atoms with van der Waals surface area (Å²) >= 11 is 1.40. The van der Waals surface area contributed by atoms with Gasteiger partial charge in [0.25, 0.3) is 0 Å². The number of methoxy groups -OCH3 is 1. The molecule has 1 aliphatic rings. The van der Waals surface area contributed by atoms with E-state index >= 15 is 0 Å². The Morgan fingerprint density at radius 3 is 2.86 bits per heavy atom. The highest BCUT2D eigenvalue weighted by molar-refractivity contribution is 7.17. The van der Waals surface area contributed by atoms with Crippen LogP contribution >= 0.6 is 11.3 Å². The average Bonchev–Trinajstić information content (AvgIpc) is 3.07. The van der Waals surface area contributed by atoms with Gasteiger partial charge in [0, 0.05) is 4.88 Å². The number of aryl methyl sites for hydroxylation is 1. The number of fused-ring (bicyclic) bond motifs is 1. The first kappa shape index (κ1) is 20.7. The van der Waals surface area contributed by atoms with Crippen LogP contribution in [-0.2, 0) is 17.6 Å². The molecule has 0 saturated heterocycles. The first-order valence-corrected chi connectivity index (χ1v) is 10.1. The normalized spacial score (nSPS) is 13.0. The van der Waals surface area contributed by atoms with Crippen molar-refractivity contribution in [2.45, 2.75) is 32.6 Å². The van der Waals surface area contributed by atoms with Crippen molar-refractivity contribution in [3.63, 3.8) is 0 Å². The molecule has 0 fully saturated rings. The van der Waals surface area contributed by atoms with Gasteiger partial charge >= 0.3 is 12.0 Å². The molecule has 1 aliphatic carbocycles. The topological polar surface area (TPSA) is 109 Å². The molecule has 3 N–H and O–H groups in total. The average molecular weight is 417 g/mol. The fourth-order valence-electron chi connectivity index (χ4n) is 3.15. The van der Waals surface area contributed by atoms with E-state index in [1.54, 1.807) is 12.1 Å². The van der Waals surface area contributed by atoms with Gasteiger partial charge in [0.1, 0.15) is 5.00 Å². The molecule has 29 heavy (non-hydrogen) atoms. The summed E-state index contributed by atoms with van der Waals surface area (Å²) in [5.74, 6) is -0.0739. The number of anilines is 1. The van der Waals surface area contributed by atoms with Crippen molar-refractivity contribution in [3.05, 3.63) is 39.8 Å². The highest BCUT2D eigenvalue weighted by Crippen LogP contribution is 2.38. The summed E-state index contributed by atoms with van der Waals surface area (Å²) in [5.41, 5.74) is 4.44. The largest absolute Gasteiger partial charge is 0.504 e. The van der Waals surface area contributed by atoms with Crippen molar-refractivity contribution >= 4 is 34.6 Å². The molecule has 1 heterocycles. The van der Waals surface area contributed by atoms with Crippen molar-refractivity contribution in [3.8, 4) is 11.5 Å². The Morgan fingerprint density at radius 1 is 1.31 bits per heavy atom. The van der Waals surface area contributed by atoms with Crippen LogP contribution in [0.4, 0.5) is 9.80 Å². The number of thiophene rings is 1. The van der Waals surface area contributed by atoms with Gasteiger partial charge in [0.05, 0.1) is 25.5 Å². The number of hydrogen-bond acceptors (Lipinski definition) is 7. The maximum absolute atomic E-state index is 12.3. The van der Waals surface area contributed by atoms with Gasteiger partial charge < -0.3 is 14.6 Å². The smallest absolute Gasteiger partial charge is 0.341 e. The SMILES string of the molecule is CCOc1cc(C=NNC(=O)Nc2sc3c(c2C(=O)OC)CCCC3)ccc1O. The summed E-state index contributed by atoms with van der Waals surface area (Å²) < 4.78 is 10.2. The molecule has 3 rings (SSSR count). The molecule has 8 nitrogen and oxygen atoms in total. The number of esters is 1. The standard InChI is InChI=1S/C20H23N3O5S/c1-3-28-15-10-12(8-9-14(15)24)11-21-23-20(26)22-18-17(19(25)27-2)13-6-4-5-7-16(13)29-18/h8-11,24H,3-7H2,1-2H3,(H2,22,23,26). The zero-order chi connectivity index (χ0) is 20.8. The fourth-order valence-corrected chi connectivity index (χ4v) is 4.42. The summed E-state index contributed by atoms with van der Waals surface area (Å²) in [4.78, 5) is 25.6. The minimum Gasteiger partial charge on any atom is -0.504 e. The summed E-state index contributed by atoms with van der Waals surface area (Å²) in [7, 11) is 1.33. The highest BCUT2D eigenvalue weighted by atomic mass is 32.1. The van der Waals surface area contributed by atoms with Crippen molar-refractivity contribution in [2.24, 2.45) is 5.10 Å². The zero-order valence-electron chi connectivity index (χ0n) is 16.3. The van der Waals surface area contributed by atoms with Crippen molar-refractivity contribution in [1.29, 1.82) is 0 Å². The van der Waals surface area contributed by atoms with Crippen molar-refractivity contribution in [2.75, 3.05) is 19.0 Å². The van der Waals surface area contributed by atoms with E-state index in [0.717, 1.165) is 36.1 Å². The first-order valence-electron chi connectivity index (χ1n) is 9.32. The number of hydrogen-bond donors (Lipinski definition) is 3. The van der Waals surface area contributed by atoms with Gasteiger partial charge in [-0.2, -0.15) is 5.10 Å². The van der Waals surface area contributed by atoms with Gasteiger partial charge in [-0.3, -0.25) is 5.32 Å². The summed E-state index contributed by atoms with van der Waals surface area (Å²) in [6, 6.07) is 4.19. The monoisotopic (exact) mass is 417 g/mol. The quantitative estimate of drug-likeness (QED) is 0.377. The predicted octanol–water partition coefficient (Wildman–Crippen LogP) is 3.67. The summed E-state index contributed by atoms with van der Waals surface area (Å²) in [6.07, 6.45) is 5.22. The summed E-state index contributed by atoms with van der Waals surface area (Å²) in [6.45, 7) is 2.24. The Bertz CT molecular complexity index is 938. The molecule has 0 saturated carbocycles. The Labute approximate surface area is 172 Å². The van der Waals surface area contributed by atoms with Crippen LogP contribution in [0.25, 0.3) is 0 Å². The number of ether oxygens (including phenoxy) is 2. The maximum atomic E-state index is 12.3. The molecule has 154 valence electrons. The van der Waals surface area contributed by atoms with E-state index in [4.69, 9.17) is 9.47 Å². The van der Waals surface area contributed by atoms with Gasteiger partial charge in [-0.1, -0.05) is 0 Å². The number of aromatic hydroxyl groups is 1. The van der Waals surface area contributed by atoms with Crippen molar-refractivity contribution in [1.82, 2.24) is 5.43 Å². The Hall–Kier alpha value is -3.07. The lowest BCUT2D eigenvalue weighted by Gasteiger charge is -2.11. The summed E-state index contributed by atoms with van der Waals surface area (Å²) in [5, 5.41) is 16.8. The van der Waals surface area contributed by atoms with Crippen LogP contribution in [-0.4, -0.2) is 37.0 Å². The lowest BCUT2D eigenvalue weighted by Crippen LogP contribution is -2.24. The van der Waals surface area contributed by atoms with E-state index in [-0.39, 0.29) is 5.75 Å². The molecule has 0 aliphatic heterocycles. The van der Waals surface area contributed by atoms with Crippen LogP contribution < -0.4 is 15.5 Å². The third-order valence-electron chi connectivity index (χ3n) is 4.45. The minimum atomic E-state index is -0.561. The second kappa shape index (κ2) is 9.42. The highest BCUT2D eigenvalue weighted by Gasteiger charge is 2.26. The third-order valence-corrected chi connectivity index (χ3v) is 5.66. The van der Waals surface area contributed by atoms with Crippen LogP contribution in [0.3, 0.4) is 0 Å². The maximum Gasteiger partial charge on any atom is 0.341 e. The predicted molar refractivity (Wildman–Crippen MR) is 111 cm³/mol. The first-order chi connectivity index (χ1) is 14.0. The second-order valence-corrected chi connectivity index (χ2v) is 7.50. The molecular formula is C20H23N3O5S. The van der Waals surface area contributed by atoms with Crippen LogP contribution in [0.1, 0.15) is 46.1 Å². The number of rotatable bonds is 6. The number of hydrazone groups is 1. The van der Waals surface area contributed by atoms with E-state index in [9.17, 15) is 14.7 Å². The number of nitrogens with zero attached hydrogens (tertiary/aromatic N) is 1. The minimum absolute atomic E-state index is 0.0340. The van der Waals surface area contributed by atoms with Gasteiger partial charge in [-0.25, -0.2) is 15.0 Å². The Kier molecular flexibility index (Phi) is 6.71. The number of benzene rings is 1. The van der Waals surface area contributed by atoms with E-state index in [1.807, 2.05) is 6.92 Å². The molecular weight excluding hydrogens is 394 g/mol. The molecule has 2 aromatic rings. The van der Waals surface area contributed by atoms with E-state index in [0.29, 0.717) is 28.5 Å². The number of phenolic OH excluding ortho intramolecular Hbond substituents is 1. The third kappa shape index (κ3) is 4.86. The van der Waals surface area contributed by atoms with Gasteiger partial charge in [0.15, 0.2) is 11.5 Å². The molecule has 0 bridgehead atoms. The molecule has 1 aromatic heterocycles. The van der Waals surface area contributed by atoms with Gasteiger partial charge in [-0.15, -0.1) is 11.3 Å². The zero-order valence-corrected chi connectivity index (χ0v) is 17.1. The fraction of sp³-hybridized carbons (Fsp3) is 0.350. The number of carbonyl (C=O) groups excluding carboxylic acids is 2. The van der Waals surface area contributed by atoms with Gasteiger partial charge in [-0.05, 0) is 61.9 Å². The van der Waals surface area contributed by atoms with E-state index in [2.05, 4.69) is 15.8 Å². The van der Waals surface area contributed by atoms with E-state index < -0.39 is 12.0 Å². The number of urea groups is 1. The molecule has 0 atom stereocenters. The van der Waals surface area contributed by atoms with Crippen LogP contribution in [0.5, 0.6) is 11.5 Å². The molecule has 2 amide bonds. The molecule has 0 spiro atoms. The Morgan fingerprint density at radius 2 is 2.10 bits per heavy atom. The second-order valence-electron chi connectivity index (χ2n) is 6.39. The lowest BCUT2D eigenvalue weighted by molar-refractivity contribution is 0.0601. The van der Waals surface area contributed by atoms with Gasteiger partial charge in [0.2, 0.25) is 0 Å². The molecule has 9 heteroatoms. The number of carbonyl (C=O) groups is 2. The molecule has 0 radical (unpaired) electrons. The van der Waals surface area contributed by atoms with Crippen LogP contribution in [0.15, 0.2) is 23.3 Å². The lowest BCUT2D eigenvalue weighted by atomic mass is 9.95. The Balaban J connectivity index is 1.68. The molecule has 0 unspecified atom stereocenters. The molecule has 1 aromatic carbocycles. The van der Waals surface area contributed by atoms with Crippen LogP contribution in [0.2, 0.25) is 0 Å². The number of phenols is 1.